The number of rotatable bonds is 6. The highest BCUT2D eigenvalue weighted by Crippen LogP contribution is 2.23. The van der Waals surface area contributed by atoms with Crippen LogP contribution < -0.4 is 5.32 Å². The summed E-state index contributed by atoms with van der Waals surface area (Å²) in [5.74, 6) is -1.47. The van der Waals surface area contributed by atoms with Gasteiger partial charge in [-0.05, 0) is 6.42 Å². The lowest BCUT2D eigenvalue weighted by Crippen LogP contribution is -2.57. The number of aliphatic hydroxyl groups is 1. The lowest BCUT2D eigenvalue weighted by Gasteiger charge is -2.36. The molecule has 1 fully saturated rings. The molecule has 1 heterocycles. The molecule has 9 nitrogen and oxygen atoms in total. The molecule has 0 aromatic heterocycles. The summed E-state index contributed by atoms with van der Waals surface area (Å²) in [6.07, 6.45) is -0.493. The number of carbonyl (C=O) groups excluding carboxylic acids is 3. The van der Waals surface area contributed by atoms with Crippen molar-refractivity contribution in [3.8, 4) is 0 Å². The fraction of sp³-hybridized carbons (Fsp3) is 0.692. The van der Waals surface area contributed by atoms with E-state index in [-0.39, 0.29) is 38.8 Å². The highest BCUT2D eigenvalue weighted by Gasteiger charge is 2.41. The Labute approximate surface area is 127 Å². The topological polar surface area (TPSA) is 133 Å². The fourth-order valence-electron chi connectivity index (χ4n) is 2.21. The highest BCUT2D eigenvalue weighted by atomic mass is 16.5. The normalized spacial score (nSPS) is 18.2. The van der Waals surface area contributed by atoms with E-state index in [9.17, 15) is 24.3 Å². The molecule has 0 spiro atoms. The van der Waals surface area contributed by atoms with E-state index >= 15 is 0 Å². The van der Waals surface area contributed by atoms with E-state index in [0.717, 1.165) is 12.0 Å². The van der Waals surface area contributed by atoms with E-state index < -0.39 is 29.6 Å². The first-order valence-corrected chi connectivity index (χ1v) is 6.86. The predicted octanol–water partition coefficient (Wildman–Crippen LogP) is -0.872. The van der Waals surface area contributed by atoms with Crippen molar-refractivity contribution in [2.75, 3.05) is 20.2 Å². The Hall–Kier alpha value is -2.16. The zero-order valence-corrected chi connectivity index (χ0v) is 12.3. The van der Waals surface area contributed by atoms with Gasteiger partial charge in [-0.1, -0.05) is 0 Å². The summed E-state index contributed by atoms with van der Waals surface area (Å²) < 4.78 is 4.54. The van der Waals surface area contributed by atoms with Gasteiger partial charge in [0.25, 0.3) is 5.91 Å². The van der Waals surface area contributed by atoms with Gasteiger partial charge in [0.05, 0.1) is 7.11 Å². The molecule has 1 rings (SSSR count). The molecule has 1 atom stereocenters. The maximum atomic E-state index is 12.2. The van der Waals surface area contributed by atoms with E-state index in [1.807, 2.05) is 0 Å². The molecular weight excluding hydrogens is 296 g/mol. The van der Waals surface area contributed by atoms with Gasteiger partial charge in [0.15, 0.2) is 0 Å². The average molecular weight is 316 g/mol. The third kappa shape index (κ3) is 4.42. The van der Waals surface area contributed by atoms with Crippen molar-refractivity contribution in [2.24, 2.45) is 0 Å². The van der Waals surface area contributed by atoms with Crippen LogP contribution in [0.4, 0.5) is 4.79 Å². The number of piperidine rings is 1. The van der Waals surface area contributed by atoms with Gasteiger partial charge in [0, 0.05) is 32.4 Å². The van der Waals surface area contributed by atoms with Crippen molar-refractivity contribution < 1.29 is 34.1 Å². The Kier molecular flexibility index (Phi) is 6.29. The number of nitrogens with zero attached hydrogens (tertiary/aromatic N) is 1. The Morgan fingerprint density at radius 1 is 1.36 bits per heavy atom. The monoisotopic (exact) mass is 316 g/mol. The zero-order valence-electron chi connectivity index (χ0n) is 12.3. The number of esters is 1. The quantitative estimate of drug-likeness (QED) is 0.428. The van der Waals surface area contributed by atoms with Crippen LogP contribution in [0.5, 0.6) is 0 Å². The lowest BCUT2D eigenvalue weighted by molar-refractivity contribution is -0.151. The third-order valence-electron chi connectivity index (χ3n) is 3.65. The van der Waals surface area contributed by atoms with E-state index in [2.05, 4.69) is 10.1 Å². The third-order valence-corrected chi connectivity index (χ3v) is 3.65. The van der Waals surface area contributed by atoms with Crippen LogP contribution in [0.3, 0.4) is 0 Å². The summed E-state index contributed by atoms with van der Waals surface area (Å²) in [6, 6.07) is -1.02. The molecular formula is C13H20N2O7. The van der Waals surface area contributed by atoms with Crippen molar-refractivity contribution in [2.45, 2.75) is 37.3 Å². The van der Waals surface area contributed by atoms with Crippen LogP contribution in [0.2, 0.25) is 0 Å². The minimum atomic E-state index is -1.74. The minimum absolute atomic E-state index is 0.0243. The van der Waals surface area contributed by atoms with Gasteiger partial charge in [0.2, 0.25) is 0 Å². The maximum absolute atomic E-state index is 12.2. The molecule has 3 N–H and O–H groups in total. The highest BCUT2D eigenvalue weighted by molar-refractivity contribution is 5.90. The summed E-state index contributed by atoms with van der Waals surface area (Å²) in [5, 5.41) is 21.5. The zero-order chi connectivity index (χ0) is 16.8. The van der Waals surface area contributed by atoms with Gasteiger partial charge in [-0.15, -0.1) is 0 Å². The molecule has 0 aromatic rings. The first-order chi connectivity index (χ1) is 10.3. The average Bonchev–Trinajstić information content (AvgIpc) is 2.50. The van der Waals surface area contributed by atoms with Crippen molar-refractivity contribution in [1.29, 1.82) is 0 Å². The Morgan fingerprint density at radius 2 is 1.95 bits per heavy atom. The molecule has 1 saturated heterocycles. The summed E-state index contributed by atoms with van der Waals surface area (Å²) in [4.78, 5) is 46.0. The Balaban J connectivity index is 2.66. The molecule has 1 aliphatic heterocycles. The molecule has 124 valence electrons. The van der Waals surface area contributed by atoms with Crippen LogP contribution in [0.15, 0.2) is 0 Å². The van der Waals surface area contributed by atoms with Gasteiger partial charge in [-0.2, -0.15) is 0 Å². The summed E-state index contributed by atoms with van der Waals surface area (Å²) in [5.41, 5.74) is -1.74. The minimum Gasteiger partial charge on any atom is -0.467 e. The molecule has 9 heteroatoms. The van der Waals surface area contributed by atoms with Crippen LogP contribution in [0, 0.1) is 0 Å². The molecule has 0 bridgehead atoms. The smallest absolute Gasteiger partial charge is 0.407 e. The van der Waals surface area contributed by atoms with Crippen molar-refractivity contribution in [3.63, 3.8) is 0 Å². The SMILES string of the molecule is COC(=O)C(CCC=O)NC(=O)C1(O)CCN(C(=O)O)CC1. The molecule has 1 aliphatic rings. The molecule has 22 heavy (non-hydrogen) atoms. The molecule has 2 amide bonds. The molecule has 1 unspecified atom stereocenters. The summed E-state index contributed by atoms with van der Waals surface area (Å²) in [7, 11) is 1.16. The van der Waals surface area contributed by atoms with E-state index in [4.69, 9.17) is 5.11 Å². The maximum Gasteiger partial charge on any atom is 0.407 e. The largest absolute Gasteiger partial charge is 0.467 e. The molecule has 0 aromatic carbocycles. The number of methoxy groups -OCH3 is 1. The number of hydrogen-bond acceptors (Lipinski definition) is 6. The van der Waals surface area contributed by atoms with Crippen LogP contribution in [0.25, 0.3) is 0 Å². The van der Waals surface area contributed by atoms with Crippen molar-refractivity contribution >= 4 is 24.3 Å². The standard InChI is InChI=1S/C13H20N2O7/c1-22-10(17)9(3-2-8-16)14-11(18)13(21)4-6-15(7-5-13)12(19)20/h8-9,21H,2-7H2,1H3,(H,14,18)(H,19,20). The molecule has 0 aliphatic carbocycles. The van der Waals surface area contributed by atoms with Crippen molar-refractivity contribution in [1.82, 2.24) is 10.2 Å². The summed E-state index contributed by atoms with van der Waals surface area (Å²) in [6.45, 7) is 0.0486. The number of likely N-dealkylation sites (tertiary alicyclic amines) is 1. The summed E-state index contributed by atoms with van der Waals surface area (Å²) >= 11 is 0. The number of ether oxygens (including phenoxy) is 1. The Morgan fingerprint density at radius 3 is 2.41 bits per heavy atom. The van der Waals surface area contributed by atoms with Crippen molar-refractivity contribution in [3.05, 3.63) is 0 Å². The number of amides is 2. The lowest BCUT2D eigenvalue weighted by atomic mass is 9.90. The number of carboxylic acid groups (broad SMARTS) is 1. The van der Waals surface area contributed by atoms with Crippen LogP contribution >= 0.6 is 0 Å². The first-order valence-electron chi connectivity index (χ1n) is 6.86. The van der Waals surface area contributed by atoms with E-state index in [0.29, 0.717) is 6.29 Å². The second kappa shape index (κ2) is 7.74. The number of hydrogen-bond donors (Lipinski definition) is 3. The van der Waals surface area contributed by atoms with Crippen LogP contribution in [-0.4, -0.2) is 71.2 Å². The second-order valence-corrected chi connectivity index (χ2v) is 5.09. The number of carbonyl (C=O) groups is 4. The molecule has 0 radical (unpaired) electrons. The Bertz CT molecular complexity index is 444. The van der Waals surface area contributed by atoms with Crippen LogP contribution in [0.1, 0.15) is 25.7 Å². The van der Waals surface area contributed by atoms with Gasteiger partial charge in [-0.3, -0.25) is 4.79 Å². The fourth-order valence-corrected chi connectivity index (χ4v) is 2.21. The second-order valence-electron chi connectivity index (χ2n) is 5.09. The number of aldehydes is 1. The van der Waals surface area contributed by atoms with Gasteiger partial charge in [-0.25, -0.2) is 9.59 Å². The predicted molar refractivity (Wildman–Crippen MR) is 73.0 cm³/mol. The van der Waals surface area contributed by atoms with Gasteiger partial charge < -0.3 is 30.0 Å². The molecule has 0 saturated carbocycles. The van der Waals surface area contributed by atoms with Gasteiger partial charge >= 0.3 is 12.1 Å². The van der Waals surface area contributed by atoms with E-state index in [1.165, 1.54) is 0 Å². The first kappa shape index (κ1) is 17.9. The number of nitrogens with one attached hydrogen (secondary N) is 1. The van der Waals surface area contributed by atoms with Crippen LogP contribution in [-0.2, 0) is 19.1 Å². The van der Waals surface area contributed by atoms with Gasteiger partial charge in [0.1, 0.15) is 17.9 Å². The van der Waals surface area contributed by atoms with E-state index in [1.54, 1.807) is 0 Å².